The summed E-state index contributed by atoms with van der Waals surface area (Å²) >= 11 is 0. The van der Waals surface area contributed by atoms with E-state index in [2.05, 4.69) is 22.1 Å². The minimum atomic E-state index is 0.679. The van der Waals surface area contributed by atoms with Crippen LogP contribution in [0.1, 0.15) is 18.1 Å². The molecule has 0 aliphatic carbocycles. The molecule has 0 fully saturated rings. The lowest BCUT2D eigenvalue weighted by Crippen LogP contribution is -2.19. The molecule has 4 aromatic rings. The van der Waals surface area contributed by atoms with Crippen LogP contribution in [0.4, 0.5) is 0 Å². The second-order valence-corrected chi connectivity index (χ2v) is 6.87. The van der Waals surface area contributed by atoms with Gasteiger partial charge < -0.3 is 8.94 Å². The Morgan fingerprint density at radius 3 is 2.39 bits per heavy atom. The van der Waals surface area contributed by atoms with Crippen LogP contribution in [-0.2, 0) is 13.0 Å². The van der Waals surface area contributed by atoms with Crippen molar-refractivity contribution in [3.8, 4) is 22.6 Å². The highest BCUT2D eigenvalue weighted by atomic mass is 16.5. The first kappa shape index (κ1) is 18.2. The number of benzene rings is 2. The van der Waals surface area contributed by atoms with Gasteiger partial charge in [0.2, 0.25) is 5.89 Å². The van der Waals surface area contributed by atoms with E-state index in [-0.39, 0.29) is 0 Å². The molecule has 28 heavy (non-hydrogen) atoms. The topological polar surface area (TPSA) is 55.3 Å². The van der Waals surface area contributed by atoms with Gasteiger partial charge in [-0.3, -0.25) is 4.90 Å². The van der Waals surface area contributed by atoms with Gasteiger partial charge in [0.05, 0.1) is 12.7 Å². The fraction of sp³-hybridized carbons (Fsp3) is 0.217. The highest BCUT2D eigenvalue weighted by Gasteiger charge is 2.10. The average Bonchev–Trinajstić information content (AvgIpc) is 3.39. The van der Waals surface area contributed by atoms with Crippen molar-refractivity contribution in [2.45, 2.75) is 19.4 Å². The van der Waals surface area contributed by atoms with Crippen LogP contribution in [-0.4, -0.2) is 28.6 Å². The molecule has 2 heterocycles. The van der Waals surface area contributed by atoms with E-state index >= 15 is 0 Å². The summed E-state index contributed by atoms with van der Waals surface area (Å²) in [5, 5.41) is 4.17. The van der Waals surface area contributed by atoms with Crippen LogP contribution in [0.25, 0.3) is 22.6 Å². The fourth-order valence-electron chi connectivity index (χ4n) is 3.13. The van der Waals surface area contributed by atoms with Crippen molar-refractivity contribution in [2.24, 2.45) is 0 Å². The van der Waals surface area contributed by atoms with Crippen LogP contribution in [0.3, 0.4) is 0 Å². The lowest BCUT2D eigenvalue weighted by Gasteiger charge is -2.13. The van der Waals surface area contributed by atoms with E-state index in [9.17, 15) is 0 Å². The van der Waals surface area contributed by atoms with Gasteiger partial charge in [-0.25, -0.2) is 4.98 Å². The molecule has 0 saturated carbocycles. The standard InChI is InChI=1S/C23H23N3O2/c1-26(17-23-24-16-22(27-23)19-11-6-3-7-12-19)14-8-13-20-15-21(25-28-20)18-9-4-2-5-10-18/h2-7,9-12,15-16H,8,13-14,17H2,1H3. The molecule has 0 aliphatic rings. The lowest BCUT2D eigenvalue weighted by atomic mass is 10.1. The van der Waals surface area contributed by atoms with Crippen LogP contribution in [0.2, 0.25) is 0 Å². The van der Waals surface area contributed by atoms with Crippen LogP contribution >= 0.6 is 0 Å². The van der Waals surface area contributed by atoms with Crippen molar-refractivity contribution in [2.75, 3.05) is 13.6 Å². The maximum absolute atomic E-state index is 5.88. The van der Waals surface area contributed by atoms with Crippen molar-refractivity contribution < 1.29 is 8.94 Å². The molecular weight excluding hydrogens is 350 g/mol. The van der Waals surface area contributed by atoms with Crippen LogP contribution in [0.5, 0.6) is 0 Å². The number of aromatic nitrogens is 2. The van der Waals surface area contributed by atoms with Crippen molar-refractivity contribution >= 4 is 0 Å². The third-order valence-electron chi connectivity index (χ3n) is 4.61. The molecule has 0 radical (unpaired) electrons. The Hall–Kier alpha value is -3.18. The minimum Gasteiger partial charge on any atom is -0.439 e. The summed E-state index contributed by atoms with van der Waals surface area (Å²) in [5.41, 5.74) is 3.01. The Labute approximate surface area is 164 Å². The summed E-state index contributed by atoms with van der Waals surface area (Å²) in [6.45, 7) is 1.60. The Balaban J connectivity index is 1.26. The van der Waals surface area contributed by atoms with Crippen molar-refractivity contribution in [3.05, 3.63) is 84.6 Å². The Kier molecular flexibility index (Phi) is 5.64. The van der Waals surface area contributed by atoms with Gasteiger partial charge in [0.15, 0.2) is 5.76 Å². The average molecular weight is 373 g/mol. The molecule has 0 unspecified atom stereocenters. The third kappa shape index (κ3) is 4.56. The second kappa shape index (κ2) is 8.67. The van der Waals surface area contributed by atoms with Crippen molar-refractivity contribution in [1.82, 2.24) is 15.0 Å². The molecule has 5 nitrogen and oxygen atoms in total. The van der Waals surface area contributed by atoms with Gasteiger partial charge in [0, 0.05) is 23.6 Å². The maximum Gasteiger partial charge on any atom is 0.209 e. The first-order valence-electron chi connectivity index (χ1n) is 9.47. The molecule has 0 spiro atoms. The molecule has 0 bridgehead atoms. The van der Waals surface area contributed by atoms with Gasteiger partial charge in [-0.2, -0.15) is 0 Å². The third-order valence-corrected chi connectivity index (χ3v) is 4.61. The SMILES string of the molecule is CN(CCCc1cc(-c2ccccc2)no1)Cc1ncc(-c2ccccc2)o1. The summed E-state index contributed by atoms with van der Waals surface area (Å²) in [7, 11) is 2.07. The number of aryl methyl sites for hydroxylation is 1. The number of nitrogens with zero attached hydrogens (tertiary/aromatic N) is 3. The number of hydrogen-bond acceptors (Lipinski definition) is 5. The molecule has 5 heteroatoms. The van der Waals surface area contributed by atoms with E-state index in [1.165, 1.54) is 0 Å². The zero-order valence-corrected chi connectivity index (χ0v) is 15.9. The molecule has 0 amide bonds. The summed E-state index contributed by atoms with van der Waals surface area (Å²) in [6.07, 6.45) is 3.62. The number of rotatable bonds is 8. The van der Waals surface area contributed by atoms with Gasteiger partial charge >= 0.3 is 0 Å². The molecule has 2 aromatic carbocycles. The first-order valence-corrected chi connectivity index (χ1v) is 9.47. The quantitative estimate of drug-likeness (QED) is 0.432. The van der Waals surface area contributed by atoms with Gasteiger partial charge in [0.1, 0.15) is 11.5 Å². The van der Waals surface area contributed by atoms with Crippen molar-refractivity contribution in [3.63, 3.8) is 0 Å². The summed E-state index contributed by atoms with van der Waals surface area (Å²) in [6, 6.07) is 22.1. The number of oxazole rings is 1. The van der Waals surface area contributed by atoms with E-state index in [0.29, 0.717) is 6.54 Å². The largest absolute Gasteiger partial charge is 0.439 e. The van der Waals surface area contributed by atoms with Crippen LogP contribution < -0.4 is 0 Å². The first-order chi connectivity index (χ1) is 13.8. The lowest BCUT2D eigenvalue weighted by molar-refractivity contribution is 0.281. The summed E-state index contributed by atoms with van der Waals surface area (Å²) in [5.74, 6) is 2.45. The van der Waals surface area contributed by atoms with Crippen molar-refractivity contribution in [1.29, 1.82) is 0 Å². The fourth-order valence-corrected chi connectivity index (χ4v) is 3.13. The van der Waals surface area contributed by atoms with E-state index in [4.69, 9.17) is 8.94 Å². The molecule has 0 atom stereocenters. The van der Waals surface area contributed by atoms with Crippen LogP contribution in [0, 0.1) is 0 Å². The number of hydrogen-bond donors (Lipinski definition) is 0. The Morgan fingerprint density at radius 2 is 1.64 bits per heavy atom. The second-order valence-electron chi connectivity index (χ2n) is 6.87. The van der Waals surface area contributed by atoms with E-state index in [1.54, 1.807) is 6.20 Å². The molecule has 4 rings (SSSR count). The maximum atomic E-state index is 5.88. The molecule has 0 saturated heterocycles. The zero-order chi connectivity index (χ0) is 19.2. The normalized spacial score (nSPS) is 11.2. The molecule has 0 N–H and O–H groups in total. The van der Waals surface area contributed by atoms with Gasteiger partial charge in [-0.05, 0) is 20.0 Å². The van der Waals surface area contributed by atoms with Gasteiger partial charge in [-0.1, -0.05) is 65.8 Å². The molecule has 2 aromatic heterocycles. The highest BCUT2D eigenvalue weighted by Crippen LogP contribution is 2.21. The van der Waals surface area contributed by atoms with E-state index in [0.717, 1.165) is 53.6 Å². The molecule has 142 valence electrons. The Morgan fingerprint density at radius 1 is 0.929 bits per heavy atom. The van der Waals surface area contributed by atoms with E-state index < -0.39 is 0 Å². The van der Waals surface area contributed by atoms with Gasteiger partial charge in [0.25, 0.3) is 0 Å². The monoisotopic (exact) mass is 373 g/mol. The minimum absolute atomic E-state index is 0.679. The predicted molar refractivity (Wildman–Crippen MR) is 109 cm³/mol. The summed E-state index contributed by atoms with van der Waals surface area (Å²) in [4.78, 5) is 6.60. The molecule has 0 aliphatic heterocycles. The van der Waals surface area contributed by atoms with E-state index in [1.807, 2.05) is 66.7 Å². The summed E-state index contributed by atoms with van der Waals surface area (Å²) < 4.78 is 11.3. The molecular formula is C23H23N3O2. The predicted octanol–water partition coefficient (Wildman–Crippen LogP) is 5.06. The Bertz CT molecular complexity index is 993. The van der Waals surface area contributed by atoms with Gasteiger partial charge in [-0.15, -0.1) is 0 Å². The zero-order valence-electron chi connectivity index (χ0n) is 15.9. The smallest absolute Gasteiger partial charge is 0.209 e. The van der Waals surface area contributed by atoms with Crippen LogP contribution in [0.15, 0.2) is 81.9 Å². The highest BCUT2D eigenvalue weighted by molar-refractivity contribution is 5.58.